The van der Waals surface area contributed by atoms with Crippen molar-refractivity contribution in [2.45, 2.75) is 32.2 Å². The van der Waals surface area contributed by atoms with Crippen molar-refractivity contribution in [3.8, 4) is 0 Å². The molecule has 6 heteroatoms. The molecular weight excluding hydrogens is 216 g/mol. The zero-order valence-corrected chi connectivity index (χ0v) is 9.08. The van der Waals surface area contributed by atoms with Gasteiger partial charge in [-0.25, -0.2) is 0 Å². The molecule has 90 valence electrons. The third-order valence-corrected chi connectivity index (χ3v) is 2.00. The van der Waals surface area contributed by atoms with Gasteiger partial charge in [0.2, 0.25) is 0 Å². The van der Waals surface area contributed by atoms with Crippen molar-refractivity contribution in [2.75, 3.05) is 6.61 Å². The topological polar surface area (TPSA) is 82.1 Å². The molecule has 0 aliphatic carbocycles. The lowest BCUT2D eigenvalue weighted by atomic mass is 10.1. The summed E-state index contributed by atoms with van der Waals surface area (Å²) in [6.07, 6.45) is 0.497. The van der Waals surface area contributed by atoms with Crippen LogP contribution in [-0.2, 0) is 23.8 Å². The normalized spacial score (nSPS) is 28.1. The van der Waals surface area contributed by atoms with E-state index in [9.17, 15) is 9.59 Å². The summed E-state index contributed by atoms with van der Waals surface area (Å²) >= 11 is 0. The lowest BCUT2D eigenvalue weighted by Gasteiger charge is -2.32. The fraction of sp³-hybridized carbons (Fsp3) is 0.600. The van der Waals surface area contributed by atoms with Gasteiger partial charge in [0.1, 0.15) is 0 Å². The molecule has 0 spiro atoms. The number of carbonyl (C=O) groups excluding carboxylic acids is 2. The second kappa shape index (κ2) is 5.50. The number of ether oxygens (including phenoxy) is 3. The van der Waals surface area contributed by atoms with Crippen LogP contribution < -0.4 is 0 Å². The molecule has 0 saturated heterocycles. The van der Waals surface area contributed by atoms with Crippen LogP contribution in [0.25, 0.3) is 0 Å². The first kappa shape index (κ1) is 12.5. The van der Waals surface area contributed by atoms with Crippen LogP contribution in [0.1, 0.15) is 13.8 Å². The molecule has 1 heterocycles. The number of aliphatic hydroxyl groups is 1. The van der Waals surface area contributed by atoms with E-state index in [2.05, 4.69) is 0 Å². The Bertz CT molecular complexity index is 298. The molecule has 3 unspecified atom stereocenters. The monoisotopic (exact) mass is 230 g/mol. The van der Waals surface area contributed by atoms with E-state index < -0.39 is 30.3 Å². The maximum absolute atomic E-state index is 10.9. The zero-order chi connectivity index (χ0) is 12.1. The Morgan fingerprint density at radius 1 is 1.31 bits per heavy atom. The van der Waals surface area contributed by atoms with E-state index in [1.807, 2.05) is 0 Å². The van der Waals surface area contributed by atoms with Crippen LogP contribution in [0, 0.1) is 0 Å². The first-order chi connectivity index (χ1) is 7.54. The zero-order valence-electron chi connectivity index (χ0n) is 9.08. The van der Waals surface area contributed by atoms with Crippen molar-refractivity contribution >= 4 is 11.9 Å². The van der Waals surface area contributed by atoms with Crippen molar-refractivity contribution in [1.29, 1.82) is 0 Å². The second-order valence-electron chi connectivity index (χ2n) is 3.33. The average molecular weight is 230 g/mol. The van der Waals surface area contributed by atoms with Crippen molar-refractivity contribution < 1.29 is 28.9 Å². The summed E-state index contributed by atoms with van der Waals surface area (Å²) in [5.41, 5.74) is 0. The molecule has 0 saturated carbocycles. The molecular formula is C10H14O6. The number of carbonyl (C=O) groups is 2. The molecule has 6 nitrogen and oxygen atoms in total. The highest BCUT2D eigenvalue weighted by Gasteiger charge is 2.36. The smallest absolute Gasteiger partial charge is 0.303 e. The Hall–Kier alpha value is -1.56. The van der Waals surface area contributed by atoms with Crippen LogP contribution in [0.15, 0.2) is 12.3 Å². The second-order valence-corrected chi connectivity index (χ2v) is 3.33. The molecule has 0 aromatic heterocycles. The van der Waals surface area contributed by atoms with Crippen molar-refractivity contribution in [1.82, 2.24) is 0 Å². The maximum Gasteiger partial charge on any atom is 0.303 e. The fourth-order valence-corrected chi connectivity index (χ4v) is 1.40. The summed E-state index contributed by atoms with van der Waals surface area (Å²) in [4.78, 5) is 21.7. The van der Waals surface area contributed by atoms with Gasteiger partial charge in [0.05, 0.1) is 12.9 Å². The Morgan fingerprint density at radius 3 is 2.44 bits per heavy atom. The highest BCUT2D eigenvalue weighted by Crippen LogP contribution is 2.19. The maximum atomic E-state index is 10.9. The van der Waals surface area contributed by atoms with Gasteiger partial charge in [0.15, 0.2) is 18.3 Å². The van der Waals surface area contributed by atoms with Crippen LogP contribution in [0.4, 0.5) is 0 Å². The average Bonchev–Trinajstić information content (AvgIpc) is 2.19. The lowest BCUT2D eigenvalue weighted by Crippen LogP contribution is -2.46. The highest BCUT2D eigenvalue weighted by atomic mass is 16.6. The standard InChI is InChI=1S/C10H14O6/c1-6(12)15-8-3-4-14-9(5-11)10(8)16-7(2)13/h3-4,8-11H,5H2,1-2H3. The van der Waals surface area contributed by atoms with Gasteiger partial charge in [-0.05, 0) is 6.08 Å². The summed E-state index contributed by atoms with van der Waals surface area (Å²) in [6, 6.07) is 0. The summed E-state index contributed by atoms with van der Waals surface area (Å²) in [6.45, 7) is 2.15. The van der Waals surface area contributed by atoms with E-state index >= 15 is 0 Å². The quantitative estimate of drug-likeness (QED) is 0.673. The molecule has 3 atom stereocenters. The minimum Gasteiger partial charge on any atom is -0.492 e. The van der Waals surface area contributed by atoms with Crippen molar-refractivity contribution in [3.63, 3.8) is 0 Å². The first-order valence-electron chi connectivity index (χ1n) is 4.82. The van der Waals surface area contributed by atoms with Gasteiger partial charge in [-0.15, -0.1) is 0 Å². The van der Waals surface area contributed by atoms with Crippen LogP contribution >= 0.6 is 0 Å². The number of hydrogen-bond acceptors (Lipinski definition) is 6. The molecule has 1 aliphatic rings. The number of aliphatic hydroxyl groups excluding tert-OH is 1. The molecule has 0 fully saturated rings. The van der Waals surface area contributed by atoms with Crippen LogP contribution in [0.2, 0.25) is 0 Å². The molecule has 0 bridgehead atoms. The van der Waals surface area contributed by atoms with Crippen LogP contribution in [0.5, 0.6) is 0 Å². The largest absolute Gasteiger partial charge is 0.492 e. The van der Waals surface area contributed by atoms with Crippen molar-refractivity contribution in [3.05, 3.63) is 12.3 Å². The van der Waals surface area contributed by atoms with Gasteiger partial charge in [0.25, 0.3) is 0 Å². The molecule has 0 amide bonds. The van der Waals surface area contributed by atoms with Gasteiger partial charge in [-0.2, -0.15) is 0 Å². The summed E-state index contributed by atoms with van der Waals surface area (Å²) in [5.74, 6) is -1.02. The number of esters is 2. The third-order valence-electron chi connectivity index (χ3n) is 2.00. The first-order valence-corrected chi connectivity index (χ1v) is 4.82. The van der Waals surface area contributed by atoms with Crippen LogP contribution in [-0.4, -0.2) is 42.0 Å². The Labute approximate surface area is 92.8 Å². The predicted octanol–water partition coefficient (Wildman–Crippen LogP) is -0.245. The minimum absolute atomic E-state index is 0.333. The highest BCUT2D eigenvalue weighted by molar-refractivity contribution is 5.67. The van der Waals surface area contributed by atoms with E-state index in [1.54, 1.807) is 0 Å². The molecule has 0 aromatic carbocycles. The van der Waals surface area contributed by atoms with E-state index in [-0.39, 0.29) is 6.61 Å². The predicted molar refractivity (Wildman–Crippen MR) is 52.2 cm³/mol. The fourth-order valence-electron chi connectivity index (χ4n) is 1.40. The Balaban J connectivity index is 2.77. The molecule has 0 aromatic rings. The van der Waals surface area contributed by atoms with Crippen molar-refractivity contribution in [2.24, 2.45) is 0 Å². The lowest BCUT2D eigenvalue weighted by molar-refractivity contribution is -0.175. The molecule has 1 aliphatic heterocycles. The molecule has 1 N–H and O–H groups in total. The third kappa shape index (κ3) is 3.23. The van der Waals surface area contributed by atoms with E-state index in [0.717, 1.165) is 0 Å². The summed E-state index contributed by atoms with van der Waals surface area (Å²) in [5, 5.41) is 9.04. The molecule has 1 rings (SSSR count). The Morgan fingerprint density at radius 2 is 1.94 bits per heavy atom. The summed E-state index contributed by atoms with van der Waals surface area (Å²) < 4.78 is 15.0. The van der Waals surface area contributed by atoms with Gasteiger partial charge in [0, 0.05) is 13.8 Å². The van der Waals surface area contributed by atoms with E-state index in [4.69, 9.17) is 19.3 Å². The SMILES string of the molecule is CC(=O)OC1C=COC(CO)C1OC(C)=O. The molecule has 16 heavy (non-hydrogen) atoms. The Kier molecular flexibility index (Phi) is 4.30. The number of hydrogen-bond donors (Lipinski definition) is 1. The van der Waals surface area contributed by atoms with E-state index in [0.29, 0.717) is 0 Å². The minimum atomic E-state index is -0.823. The van der Waals surface area contributed by atoms with Gasteiger partial charge >= 0.3 is 11.9 Å². The van der Waals surface area contributed by atoms with Crippen LogP contribution in [0.3, 0.4) is 0 Å². The number of rotatable bonds is 3. The summed E-state index contributed by atoms with van der Waals surface area (Å²) in [7, 11) is 0. The van der Waals surface area contributed by atoms with Gasteiger partial charge in [-0.1, -0.05) is 0 Å². The van der Waals surface area contributed by atoms with E-state index in [1.165, 1.54) is 26.2 Å². The molecule has 0 radical (unpaired) electrons. The van der Waals surface area contributed by atoms with Gasteiger partial charge in [-0.3, -0.25) is 9.59 Å². The van der Waals surface area contributed by atoms with Gasteiger partial charge < -0.3 is 19.3 Å².